The van der Waals surface area contributed by atoms with E-state index < -0.39 is 0 Å². The van der Waals surface area contributed by atoms with Gasteiger partial charge in [-0.25, -0.2) is 0 Å². The molecule has 1 amide bonds. The molecule has 21 heavy (non-hydrogen) atoms. The lowest BCUT2D eigenvalue weighted by atomic mass is 10.1. The minimum atomic E-state index is -0.384. The van der Waals surface area contributed by atoms with E-state index in [-0.39, 0.29) is 35.5 Å². The number of nitrogens with one attached hydrogen (secondary N) is 1. The van der Waals surface area contributed by atoms with Gasteiger partial charge in [0.05, 0.1) is 0 Å². The van der Waals surface area contributed by atoms with E-state index in [0.717, 1.165) is 31.4 Å². The first-order valence-corrected chi connectivity index (χ1v) is 7.46. The van der Waals surface area contributed by atoms with Crippen LogP contribution in [0.4, 0.5) is 0 Å². The molecule has 1 aliphatic rings. The van der Waals surface area contributed by atoms with Crippen LogP contribution < -0.4 is 10.9 Å². The first-order valence-electron chi connectivity index (χ1n) is 7.46. The Morgan fingerprint density at radius 3 is 2.67 bits per heavy atom. The summed E-state index contributed by atoms with van der Waals surface area (Å²) in [6, 6.07) is 5.40. The van der Waals surface area contributed by atoms with Crippen molar-refractivity contribution in [2.45, 2.75) is 58.0 Å². The normalized spacial score (nSPS) is 15.1. The molecule has 1 saturated carbocycles. The second kappa shape index (κ2) is 6.57. The molecule has 1 heterocycles. The van der Waals surface area contributed by atoms with Crippen LogP contribution >= 0.6 is 0 Å². The minimum Gasteiger partial charge on any atom is -0.352 e. The monoisotopic (exact) mass is 287 g/mol. The average molecular weight is 287 g/mol. The summed E-state index contributed by atoms with van der Waals surface area (Å²) in [4.78, 5) is 24.4. The van der Waals surface area contributed by atoms with Crippen molar-refractivity contribution in [3.63, 3.8) is 0 Å². The Balaban J connectivity index is 2.23. The molecule has 1 aliphatic carbocycles. The second-order valence-electron chi connectivity index (χ2n) is 5.88. The maximum absolute atomic E-state index is 12.3. The highest BCUT2D eigenvalue weighted by molar-refractivity contribution is 5.76. The fraction of sp³-hybridized carbons (Fsp3) is 0.562. The van der Waals surface area contributed by atoms with Crippen molar-refractivity contribution >= 4 is 5.91 Å². The maximum atomic E-state index is 12.3. The van der Waals surface area contributed by atoms with Gasteiger partial charge >= 0.3 is 0 Å². The molecule has 0 aromatic carbocycles. The lowest BCUT2D eigenvalue weighted by molar-refractivity contribution is -0.122. The zero-order valence-corrected chi connectivity index (χ0v) is 12.6. The highest BCUT2D eigenvalue weighted by Gasteiger charge is 2.19. The number of carbonyl (C=O) groups is 1. The molecule has 1 aromatic heterocycles. The van der Waals surface area contributed by atoms with Gasteiger partial charge in [-0.2, -0.15) is 5.26 Å². The zero-order chi connectivity index (χ0) is 15.4. The summed E-state index contributed by atoms with van der Waals surface area (Å²) in [5.74, 6) is -0.0364. The molecule has 5 nitrogen and oxygen atoms in total. The Morgan fingerprint density at radius 2 is 2.10 bits per heavy atom. The van der Waals surface area contributed by atoms with Crippen molar-refractivity contribution in [2.75, 3.05) is 0 Å². The van der Waals surface area contributed by atoms with E-state index in [1.807, 2.05) is 19.9 Å². The Labute approximate surface area is 124 Å². The number of hydrogen-bond acceptors (Lipinski definition) is 3. The third kappa shape index (κ3) is 3.52. The molecule has 0 aliphatic heterocycles. The van der Waals surface area contributed by atoms with Crippen molar-refractivity contribution in [1.29, 1.82) is 5.26 Å². The maximum Gasteiger partial charge on any atom is 0.269 e. The standard InChI is InChI=1S/C16H21N3O2/c1-11(2)14-8-7-12(9-17)16(21)19(14)10-15(20)18-13-5-3-4-6-13/h7-8,11,13H,3-6,10H2,1-2H3,(H,18,20). The van der Waals surface area contributed by atoms with Crippen LogP contribution in [0.5, 0.6) is 0 Å². The van der Waals surface area contributed by atoms with Crippen molar-refractivity contribution in [2.24, 2.45) is 0 Å². The predicted octanol–water partition coefficient (Wildman–Crippen LogP) is 1.90. The van der Waals surface area contributed by atoms with Gasteiger partial charge in [-0.1, -0.05) is 26.7 Å². The Bertz CT molecular complexity index is 619. The summed E-state index contributed by atoms with van der Waals surface area (Å²) in [5, 5.41) is 11.9. The topological polar surface area (TPSA) is 74.9 Å². The van der Waals surface area contributed by atoms with Gasteiger partial charge in [0.2, 0.25) is 5.91 Å². The molecule has 0 saturated heterocycles. The fourth-order valence-electron chi connectivity index (χ4n) is 2.83. The van der Waals surface area contributed by atoms with E-state index in [0.29, 0.717) is 0 Å². The highest BCUT2D eigenvalue weighted by atomic mass is 16.2. The minimum absolute atomic E-state index is 0.0155. The van der Waals surface area contributed by atoms with E-state index >= 15 is 0 Å². The first kappa shape index (κ1) is 15.3. The quantitative estimate of drug-likeness (QED) is 0.919. The number of carbonyl (C=O) groups excluding carboxylic acids is 1. The molecule has 0 atom stereocenters. The first-order chi connectivity index (χ1) is 10.0. The Hall–Kier alpha value is -2.09. The van der Waals surface area contributed by atoms with Gasteiger partial charge in [0, 0.05) is 11.7 Å². The molecule has 112 valence electrons. The molecule has 5 heteroatoms. The molecule has 0 unspecified atom stereocenters. The number of nitrogens with zero attached hydrogens (tertiary/aromatic N) is 2. The molecule has 1 N–H and O–H groups in total. The molecule has 1 aromatic rings. The van der Waals surface area contributed by atoms with E-state index in [1.165, 1.54) is 10.6 Å². The number of rotatable bonds is 4. The summed E-state index contributed by atoms with van der Waals surface area (Å²) >= 11 is 0. The van der Waals surface area contributed by atoms with E-state index in [9.17, 15) is 9.59 Å². The van der Waals surface area contributed by atoms with Crippen molar-refractivity contribution in [3.8, 4) is 6.07 Å². The average Bonchev–Trinajstić information content (AvgIpc) is 2.93. The SMILES string of the molecule is CC(C)c1ccc(C#N)c(=O)n1CC(=O)NC1CCCC1. The fourth-order valence-corrected chi connectivity index (χ4v) is 2.83. The Morgan fingerprint density at radius 1 is 1.43 bits per heavy atom. The van der Waals surface area contributed by atoms with E-state index in [4.69, 9.17) is 5.26 Å². The van der Waals surface area contributed by atoms with Crippen LogP contribution in [-0.4, -0.2) is 16.5 Å². The number of pyridine rings is 1. The van der Waals surface area contributed by atoms with Gasteiger partial charge < -0.3 is 9.88 Å². The van der Waals surface area contributed by atoms with Crippen LogP contribution in [0.1, 0.15) is 56.7 Å². The van der Waals surface area contributed by atoms with Crippen molar-refractivity contribution in [3.05, 3.63) is 33.7 Å². The van der Waals surface area contributed by atoms with Crippen LogP contribution in [0.2, 0.25) is 0 Å². The third-order valence-electron chi connectivity index (χ3n) is 3.94. The van der Waals surface area contributed by atoms with Gasteiger partial charge in [-0.05, 0) is 30.9 Å². The van der Waals surface area contributed by atoms with Crippen LogP contribution in [0.15, 0.2) is 16.9 Å². The van der Waals surface area contributed by atoms with Gasteiger partial charge in [0.15, 0.2) is 0 Å². The molecular weight excluding hydrogens is 266 g/mol. The summed E-state index contributed by atoms with van der Waals surface area (Å²) < 4.78 is 1.42. The molecule has 1 fully saturated rings. The number of aromatic nitrogens is 1. The number of hydrogen-bond donors (Lipinski definition) is 1. The van der Waals surface area contributed by atoms with Crippen LogP contribution in [0.25, 0.3) is 0 Å². The van der Waals surface area contributed by atoms with Gasteiger partial charge in [-0.3, -0.25) is 9.59 Å². The second-order valence-corrected chi connectivity index (χ2v) is 5.88. The summed E-state index contributed by atoms with van der Waals surface area (Å²) in [6.45, 7) is 3.91. The van der Waals surface area contributed by atoms with Crippen LogP contribution in [0.3, 0.4) is 0 Å². The van der Waals surface area contributed by atoms with E-state index in [2.05, 4.69) is 5.32 Å². The highest BCUT2D eigenvalue weighted by Crippen LogP contribution is 2.18. The summed E-state index contributed by atoms with van der Waals surface area (Å²) in [5.41, 5.74) is 0.471. The van der Waals surface area contributed by atoms with Crippen molar-refractivity contribution < 1.29 is 4.79 Å². The molecule has 2 rings (SSSR count). The summed E-state index contributed by atoms with van der Waals surface area (Å²) in [7, 11) is 0. The number of nitriles is 1. The largest absolute Gasteiger partial charge is 0.352 e. The lowest BCUT2D eigenvalue weighted by Gasteiger charge is -2.17. The molecule has 0 bridgehead atoms. The molecule has 0 radical (unpaired) electrons. The third-order valence-corrected chi connectivity index (χ3v) is 3.94. The predicted molar refractivity (Wildman–Crippen MR) is 79.9 cm³/mol. The lowest BCUT2D eigenvalue weighted by Crippen LogP contribution is -2.39. The van der Waals surface area contributed by atoms with Crippen LogP contribution in [0, 0.1) is 11.3 Å². The van der Waals surface area contributed by atoms with Gasteiger partial charge in [0.1, 0.15) is 18.2 Å². The van der Waals surface area contributed by atoms with Gasteiger partial charge in [-0.15, -0.1) is 0 Å². The van der Waals surface area contributed by atoms with Crippen molar-refractivity contribution in [1.82, 2.24) is 9.88 Å². The summed E-state index contributed by atoms with van der Waals surface area (Å²) in [6.07, 6.45) is 4.31. The van der Waals surface area contributed by atoms with Gasteiger partial charge in [0.25, 0.3) is 5.56 Å². The molecular formula is C16H21N3O2. The Kier molecular flexibility index (Phi) is 4.79. The number of amides is 1. The smallest absolute Gasteiger partial charge is 0.269 e. The van der Waals surface area contributed by atoms with Crippen LogP contribution in [-0.2, 0) is 11.3 Å². The molecule has 0 spiro atoms. The zero-order valence-electron chi connectivity index (χ0n) is 12.6. The van der Waals surface area contributed by atoms with E-state index in [1.54, 1.807) is 6.07 Å².